The van der Waals surface area contributed by atoms with E-state index in [0.29, 0.717) is 25.0 Å². The normalized spacial score (nSPS) is 12.8. The molecule has 0 aliphatic rings. The summed E-state index contributed by atoms with van der Waals surface area (Å²) in [6.45, 7) is 9.66. The monoisotopic (exact) mass is 244 g/mol. The number of hydrogen-bond acceptors (Lipinski definition) is 3. The standard InChI is InChI=1S/C14H28O3/c1-5-16-14(15)9-7-6-8-10-17-13(4)11-12(2)3/h12-13H,5-11H2,1-4H3. The molecule has 0 fully saturated rings. The van der Waals surface area contributed by atoms with E-state index in [1.54, 1.807) is 0 Å². The van der Waals surface area contributed by atoms with Gasteiger partial charge in [0.25, 0.3) is 0 Å². The summed E-state index contributed by atoms with van der Waals surface area (Å²) < 4.78 is 10.6. The molecule has 0 aromatic rings. The fourth-order valence-electron chi connectivity index (χ4n) is 1.80. The maximum Gasteiger partial charge on any atom is 0.305 e. The van der Waals surface area contributed by atoms with E-state index < -0.39 is 0 Å². The molecule has 1 unspecified atom stereocenters. The van der Waals surface area contributed by atoms with Crippen molar-refractivity contribution in [2.24, 2.45) is 5.92 Å². The van der Waals surface area contributed by atoms with Gasteiger partial charge in [0.1, 0.15) is 0 Å². The Hall–Kier alpha value is -0.570. The van der Waals surface area contributed by atoms with Gasteiger partial charge in [-0.1, -0.05) is 20.3 Å². The first-order chi connectivity index (χ1) is 8.06. The van der Waals surface area contributed by atoms with E-state index in [9.17, 15) is 4.79 Å². The SMILES string of the molecule is CCOC(=O)CCCCCOC(C)CC(C)C. The molecule has 0 radical (unpaired) electrons. The Morgan fingerprint density at radius 3 is 2.41 bits per heavy atom. The predicted molar refractivity (Wildman–Crippen MR) is 70.0 cm³/mol. The number of rotatable bonds is 10. The lowest BCUT2D eigenvalue weighted by atomic mass is 10.1. The van der Waals surface area contributed by atoms with Crippen molar-refractivity contribution in [3.63, 3.8) is 0 Å². The topological polar surface area (TPSA) is 35.5 Å². The van der Waals surface area contributed by atoms with Gasteiger partial charge in [-0.25, -0.2) is 0 Å². The molecule has 3 nitrogen and oxygen atoms in total. The lowest BCUT2D eigenvalue weighted by molar-refractivity contribution is -0.143. The fraction of sp³-hybridized carbons (Fsp3) is 0.929. The highest BCUT2D eigenvalue weighted by atomic mass is 16.5. The molecule has 0 bridgehead atoms. The van der Waals surface area contributed by atoms with Gasteiger partial charge in [-0.15, -0.1) is 0 Å². The molecule has 0 aromatic heterocycles. The summed E-state index contributed by atoms with van der Waals surface area (Å²) in [6.07, 6.45) is 4.97. The van der Waals surface area contributed by atoms with Crippen LogP contribution < -0.4 is 0 Å². The van der Waals surface area contributed by atoms with Crippen LogP contribution in [-0.2, 0) is 14.3 Å². The molecule has 17 heavy (non-hydrogen) atoms. The molecule has 0 saturated carbocycles. The van der Waals surface area contributed by atoms with Gasteiger partial charge < -0.3 is 9.47 Å². The van der Waals surface area contributed by atoms with Crippen LogP contribution in [0.2, 0.25) is 0 Å². The molecule has 0 saturated heterocycles. The van der Waals surface area contributed by atoms with Crippen LogP contribution in [0.5, 0.6) is 0 Å². The van der Waals surface area contributed by atoms with Crippen LogP contribution in [0, 0.1) is 5.92 Å². The molecule has 102 valence electrons. The van der Waals surface area contributed by atoms with Crippen LogP contribution in [0.1, 0.15) is 59.8 Å². The molecule has 1 atom stereocenters. The van der Waals surface area contributed by atoms with Crippen LogP contribution in [0.4, 0.5) is 0 Å². The van der Waals surface area contributed by atoms with Crippen molar-refractivity contribution >= 4 is 5.97 Å². The average Bonchev–Trinajstić information content (AvgIpc) is 2.22. The van der Waals surface area contributed by atoms with Gasteiger partial charge >= 0.3 is 5.97 Å². The molecule has 0 aliphatic heterocycles. The lowest BCUT2D eigenvalue weighted by Crippen LogP contribution is -2.12. The molecule has 0 aliphatic carbocycles. The maximum absolute atomic E-state index is 11.1. The lowest BCUT2D eigenvalue weighted by Gasteiger charge is -2.14. The maximum atomic E-state index is 11.1. The van der Waals surface area contributed by atoms with Crippen LogP contribution in [0.3, 0.4) is 0 Å². The van der Waals surface area contributed by atoms with Crippen LogP contribution in [0.15, 0.2) is 0 Å². The molecule has 3 heteroatoms. The van der Waals surface area contributed by atoms with Gasteiger partial charge in [0.2, 0.25) is 0 Å². The molecular weight excluding hydrogens is 216 g/mol. The van der Waals surface area contributed by atoms with Crippen molar-refractivity contribution < 1.29 is 14.3 Å². The minimum absolute atomic E-state index is 0.0819. The highest BCUT2D eigenvalue weighted by Gasteiger charge is 2.05. The first-order valence-corrected chi connectivity index (χ1v) is 6.83. The molecule has 0 amide bonds. The molecule has 0 aromatic carbocycles. The van der Waals surface area contributed by atoms with Crippen molar-refractivity contribution in [2.45, 2.75) is 65.9 Å². The summed E-state index contributed by atoms with van der Waals surface area (Å²) in [5.74, 6) is 0.607. The van der Waals surface area contributed by atoms with Crippen molar-refractivity contribution in [2.75, 3.05) is 13.2 Å². The Morgan fingerprint density at radius 1 is 1.12 bits per heavy atom. The minimum atomic E-state index is -0.0819. The Morgan fingerprint density at radius 2 is 1.82 bits per heavy atom. The second-order valence-corrected chi connectivity index (χ2v) is 4.93. The number of carbonyl (C=O) groups excluding carboxylic acids is 1. The van der Waals surface area contributed by atoms with E-state index in [1.807, 2.05) is 6.92 Å². The van der Waals surface area contributed by atoms with Crippen molar-refractivity contribution in [3.05, 3.63) is 0 Å². The Labute approximate surface area is 106 Å². The highest BCUT2D eigenvalue weighted by molar-refractivity contribution is 5.69. The molecule has 0 N–H and O–H groups in total. The predicted octanol–water partition coefficient (Wildman–Crippen LogP) is 3.56. The zero-order valence-corrected chi connectivity index (χ0v) is 11.8. The van der Waals surface area contributed by atoms with Gasteiger partial charge in [0.05, 0.1) is 12.7 Å². The Kier molecular flexibility index (Phi) is 10.2. The van der Waals surface area contributed by atoms with E-state index >= 15 is 0 Å². The third-order valence-corrected chi connectivity index (χ3v) is 2.54. The van der Waals surface area contributed by atoms with E-state index in [-0.39, 0.29) is 5.97 Å². The molecule has 0 heterocycles. The third kappa shape index (κ3) is 11.7. The first-order valence-electron chi connectivity index (χ1n) is 6.83. The summed E-state index contributed by atoms with van der Waals surface area (Å²) in [5.41, 5.74) is 0. The quantitative estimate of drug-likeness (QED) is 0.435. The average molecular weight is 244 g/mol. The fourth-order valence-corrected chi connectivity index (χ4v) is 1.80. The Bertz CT molecular complexity index is 190. The number of ether oxygens (including phenoxy) is 2. The molecule has 0 rings (SSSR count). The summed E-state index contributed by atoms with van der Waals surface area (Å²) in [5, 5.41) is 0. The van der Waals surface area contributed by atoms with Crippen molar-refractivity contribution in [1.82, 2.24) is 0 Å². The summed E-state index contributed by atoms with van der Waals surface area (Å²) in [7, 11) is 0. The van der Waals surface area contributed by atoms with Gasteiger partial charge in [0.15, 0.2) is 0 Å². The van der Waals surface area contributed by atoms with Crippen LogP contribution >= 0.6 is 0 Å². The number of esters is 1. The molecule has 0 spiro atoms. The number of unbranched alkanes of at least 4 members (excludes halogenated alkanes) is 2. The van der Waals surface area contributed by atoms with Crippen LogP contribution in [-0.4, -0.2) is 25.3 Å². The van der Waals surface area contributed by atoms with Gasteiger partial charge in [0, 0.05) is 13.0 Å². The van der Waals surface area contributed by atoms with Crippen molar-refractivity contribution in [3.8, 4) is 0 Å². The van der Waals surface area contributed by atoms with E-state index in [0.717, 1.165) is 32.3 Å². The minimum Gasteiger partial charge on any atom is -0.466 e. The summed E-state index contributed by atoms with van der Waals surface area (Å²) in [4.78, 5) is 11.1. The van der Waals surface area contributed by atoms with E-state index in [4.69, 9.17) is 9.47 Å². The van der Waals surface area contributed by atoms with Gasteiger partial charge in [-0.05, 0) is 39.0 Å². The zero-order valence-electron chi connectivity index (χ0n) is 11.8. The number of hydrogen-bond donors (Lipinski definition) is 0. The molecular formula is C14H28O3. The van der Waals surface area contributed by atoms with Gasteiger partial charge in [-0.2, -0.15) is 0 Å². The van der Waals surface area contributed by atoms with Crippen molar-refractivity contribution in [1.29, 1.82) is 0 Å². The smallest absolute Gasteiger partial charge is 0.305 e. The third-order valence-electron chi connectivity index (χ3n) is 2.54. The largest absolute Gasteiger partial charge is 0.466 e. The first kappa shape index (κ1) is 16.4. The second-order valence-electron chi connectivity index (χ2n) is 4.93. The van der Waals surface area contributed by atoms with E-state index in [1.165, 1.54) is 0 Å². The number of carbonyl (C=O) groups is 1. The second kappa shape index (κ2) is 10.6. The Balaban J connectivity index is 3.26. The van der Waals surface area contributed by atoms with Crippen LogP contribution in [0.25, 0.3) is 0 Å². The van der Waals surface area contributed by atoms with Gasteiger partial charge in [-0.3, -0.25) is 4.79 Å². The summed E-state index contributed by atoms with van der Waals surface area (Å²) >= 11 is 0. The zero-order chi connectivity index (χ0) is 13.1. The highest BCUT2D eigenvalue weighted by Crippen LogP contribution is 2.09. The summed E-state index contributed by atoms with van der Waals surface area (Å²) in [6, 6.07) is 0. The van der Waals surface area contributed by atoms with E-state index in [2.05, 4.69) is 20.8 Å².